The van der Waals surface area contributed by atoms with E-state index in [1.165, 1.54) is 7.11 Å². The Hall–Kier alpha value is -0.650. The molecule has 1 heterocycles. The van der Waals surface area contributed by atoms with Gasteiger partial charge >= 0.3 is 5.97 Å². The van der Waals surface area contributed by atoms with E-state index < -0.39 is 5.54 Å². The Balaban J connectivity index is 2.60. The van der Waals surface area contributed by atoms with Gasteiger partial charge in [0.25, 0.3) is 0 Å². The van der Waals surface area contributed by atoms with Crippen molar-refractivity contribution in [2.45, 2.75) is 38.8 Å². The first-order valence-corrected chi connectivity index (χ1v) is 7.25. The summed E-state index contributed by atoms with van der Waals surface area (Å²) in [4.78, 5) is 16.7. The summed E-state index contributed by atoms with van der Waals surface area (Å²) >= 11 is 0. The van der Waals surface area contributed by atoms with Gasteiger partial charge < -0.3 is 14.5 Å². The molecular formula is C14H29N3O2. The van der Waals surface area contributed by atoms with Crippen molar-refractivity contribution in [1.82, 2.24) is 15.1 Å². The fourth-order valence-corrected chi connectivity index (χ4v) is 2.84. The van der Waals surface area contributed by atoms with E-state index in [-0.39, 0.29) is 5.97 Å². The molecule has 0 spiro atoms. The Kier molecular flexibility index (Phi) is 6.23. The van der Waals surface area contributed by atoms with Gasteiger partial charge in [0, 0.05) is 25.7 Å². The van der Waals surface area contributed by atoms with Crippen molar-refractivity contribution in [2.24, 2.45) is 0 Å². The van der Waals surface area contributed by atoms with Crippen molar-refractivity contribution < 1.29 is 9.53 Å². The first kappa shape index (κ1) is 16.4. The quantitative estimate of drug-likeness (QED) is 0.685. The molecule has 1 N–H and O–H groups in total. The Morgan fingerprint density at radius 3 is 2.53 bits per heavy atom. The van der Waals surface area contributed by atoms with Gasteiger partial charge in [-0.1, -0.05) is 13.8 Å². The lowest BCUT2D eigenvalue weighted by molar-refractivity contribution is -0.148. The van der Waals surface area contributed by atoms with E-state index in [2.05, 4.69) is 42.9 Å². The average molecular weight is 271 g/mol. The molecule has 1 aliphatic rings. The number of nitrogens with one attached hydrogen (secondary N) is 1. The van der Waals surface area contributed by atoms with E-state index >= 15 is 0 Å². The smallest absolute Gasteiger partial charge is 0.327 e. The highest BCUT2D eigenvalue weighted by atomic mass is 16.5. The van der Waals surface area contributed by atoms with Crippen LogP contribution in [0.3, 0.4) is 0 Å². The van der Waals surface area contributed by atoms with Crippen LogP contribution in [0.15, 0.2) is 0 Å². The standard InChI is InChI=1S/C14H29N3O2/c1-6-17(7-2)9-8-15-14(13(18)19-5)10-12(3)16(4)11-14/h12,15H,6-11H2,1-5H3. The number of carbonyl (C=O) groups is 1. The van der Waals surface area contributed by atoms with Gasteiger partial charge in [0.05, 0.1) is 7.11 Å². The molecule has 0 amide bonds. The largest absolute Gasteiger partial charge is 0.468 e. The van der Waals surface area contributed by atoms with Crippen molar-refractivity contribution in [3.05, 3.63) is 0 Å². The predicted molar refractivity (Wildman–Crippen MR) is 77.2 cm³/mol. The third-order valence-electron chi connectivity index (χ3n) is 4.28. The highest BCUT2D eigenvalue weighted by molar-refractivity contribution is 5.81. The first-order valence-electron chi connectivity index (χ1n) is 7.25. The minimum atomic E-state index is -0.532. The van der Waals surface area contributed by atoms with Crippen LogP contribution in [0, 0.1) is 0 Å². The Bertz CT molecular complexity index is 282. The summed E-state index contributed by atoms with van der Waals surface area (Å²) in [5, 5.41) is 3.45. The van der Waals surface area contributed by atoms with Crippen molar-refractivity contribution >= 4 is 5.97 Å². The lowest BCUT2D eigenvalue weighted by Gasteiger charge is -2.29. The minimum absolute atomic E-state index is 0.136. The van der Waals surface area contributed by atoms with Gasteiger partial charge in [0.15, 0.2) is 0 Å². The number of hydrogen-bond donors (Lipinski definition) is 1. The van der Waals surface area contributed by atoms with Gasteiger partial charge in [-0.2, -0.15) is 0 Å². The van der Waals surface area contributed by atoms with Crippen LogP contribution in [0.2, 0.25) is 0 Å². The van der Waals surface area contributed by atoms with Crippen molar-refractivity contribution in [2.75, 3.05) is 46.9 Å². The van der Waals surface area contributed by atoms with Crippen molar-refractivity contribution in [3.8, 4) is 0 Å². The molecule has 5 heteroatoms. The molecule has 0 bridgehead atoms. The molecule has 0 aromatic rings. The molecule has 2 atom stereocenters. The summed E-state index contributed by atoms with van der Waals surface area (Å²) in [5.74, 6) is -0.136. The molecule has 0 radical (unpaired) electrons. The van der Waals surface area contributed by atoms with Crippen LogP contribution >= 0.6 is 0 Å². The van der Waals surface area contributed by atoms with Gasteiger partial charge in [-0.05, 0) is 33.5 Å². The Morgan fingerprint density at radius 2 is 2.11 bits per heavy atom. The fraction of sp³-hybridized carbons (Fsp3) is 0.929. The first-order chi connectivity index (χ1) is 8.99. The van der Waals surface area contributed by atoms with E-state index in [1.807, 2.05) is 0 Å². The zero-order valence-corrected chi connectivity index (χ0v) is 13.0. The summed E-state index contributed by atoms with van der Waals surface area (Å²) < 4.78 is 5.00. The van der Waals surface area contributed by atoms with E-state index in [0.29, 0.717) is 6.04 Å². The summed E-state index contributed by atoms with van der Waals surface area (Å²) in [6.07, 6.45) is 0.814. The second-order valence-corrected chi connectivity index (χ2v) is 5.50. The predicted octanol–water partition coefficient (Wildman–Crippen LogP) is 0.554. The van der Waals surface area contributed by atoms with E-state index in [4.69, 9.17) is 4.74 Å². The van der Waals surface area contributed by atoms with Gasteiger partial charge in [-0.25, -0.2) is 0 Å². The van der Waals surface area contributed by atoms with Crippen LogP contribution in [0.25, 0.3) is 0 Å². The van der Waals surface area contributed by atoms with E-state index in [9.17, 15) is 4.79 Å². The van der Waals surface area contributed by atoms with Crippen LogP contribution in [-0.4, -0.2) is 74.2 Å². The monoisotopic (exact) mass is 271 g/mol. The second-order valence-electron chi connectivity index (χ2n) is 5.50. The highest BCUT2D eigenvalue weighted by Crippen LogP contribution is 2.26. The molecule has 5 nitrogen and oxygen atoms in total. The number of likely N-dealkylation sites (N-methyl/N-ethyl adjacent to an activating group) is 2. The molecule has 1 rings (SSSR count). The maximum absolute atomic E-state index is 12.1. The molecule has 0 saturated carbocycles. The van der Waals surface area contributed by atoms with Crippen LogP contribution in [-0.2, 0) is 9.53 Å². The molecule has 1 saturated heterocycles. The van der Waals surface area contributed by atoms with E-state index in [1.54, 1.807) is 0 Å². The minimum Gasteiger partial charge on any atom is -0.468 e. The molecule has 0 aliphatic carbocycles. The SMILES string of the molecule is CCN(CC)CCNC1(C(=O)OC)CC(C)N(C)C1. The molecule has 112 valence electrons. The van der Waals surface area contributed by atoms with Crippen LogP contribution < -0.4 is 5.32 Å². The second kappa shape index (κ2) is 7.22. The van der Waals surface area contributed by atoms with Crippen LogP contribution in [0.4, 0.5) is 0 Å². The molecule has 0 aromatic carbocycles. The lowest BCUT2D eigenvalue weighted by Crippen LogP contribution is -2.56. The summed E-state index contributed by atoms with van der Waals surface area (Å²) in [7, 11) is 3.53. The number of ether oxygens (including phenoxy) is 1. The highest BCUT2D eigenvalue weighted by Gasteiger charge is 2.47. The third kappa shape index (κ3) is 3.91. The zero-order valence-electron chi connectivity index (χ0n) is 13.0. The third-order valence-corrected chi connectivity index (χ3v) is 4.28. The Morgan fingerprint density at radius 1 is 1.47 bits per heavy atom. The number of carbonyl (C=O) groups excluding carboxylic acids is 1. The number of rotatable bonds is 7. The zero-order chi connectivity index (χ0) is 14.5. The maximum atomic E-state index is 12.1. The molecule has 1 aliphatic heterocycles. The molecular weight excluding hydrogens is 242 g/mol. The average Bonchev–Trinajstić information content (AvgIpc) is 2.70. The topological polar surface area (TPSA) is 44.8 Å². The summed E-state index contributed by atoms with van der Waals surface area (Å²) in [6.45, 7) is 11.0. The fourth-order valence-electron chi connectivity index (χ4n) is 2.84. The molecule has 19 heavy (non-hydrogen) atoms. The van der Waals surface area contributed by atoms with Gasteiger partial charge in [-0.15, -0.1) is 0 Å². The maximum Gasteiger partial charge on any atom is 0.327 e. The molecule has 0 aromatic heterocycles. The van der Waals surface area contributed by atoms with Crippen LogP contribution in [0.1, 0.15) is 27.2 Å². The number of nitrogens with zero attached hydrogens (tertiary/aromatic N) is 2. The normalized spacial score (nSPS) is 28.0. The van der Waals surface area contributed by atoms with Crippen LogP contribution in [0.5, 0.6) is 0 Å². The molecule has 2 unspecified atom stereocenters. The number of esters is 1. The summed E-state index contributed by atoms with van der Waals surface area (Å²) in [5.41, 5.74) is -0.532. The van der Waals surface area contributed by atoms with Crippen molar-refractivity contribution in [3.63, 3.8) is 0 Å². The number of methoxy groups -OCH3 is 1. The Labute approximate surface area is 117 Å². The lowest BCUT2D eigenvalue weighted by atomic mass is 9.96. The van der Waals surface area contributed by atoms with Gasteiger partial charge in [0.1, 0.15) is 5.54 Å². The van der Waals surface area contributed by atoms with Gasteiger partial charge in [0.2, 0.25) is 0 Å². The summed E-state index contributed by atoms with van der Waals surface area (Å²) in [6, 6.07) is 0.403. The van der Waals surface area contributed by atoms with Crippen molar-refractivity contribution in [1.29, 1.82) is 0 Å². The number of hydrogen-bond acceptors (Lipinski definition) is 5. The number of likely N-dealkylation sites (tertiary alicyclic amines) is 1. The van der Waals surface area contributed by atoms with Gasteiger partial charge in [-0.3, -0.25) is 10.1 Å². The molecule has 1 fully saturated rings. The van der Waals surface area contributed by atoms with E-state index in [0.717, 1.165) is 39.1 Å².